The van der Waals surface area contributed by atoms with Crippen molar-refractivity contribution in [3.63, 3.8) is 0 Å². The fourth-order valence-electron chi connectivity index (χ4n) is 3.15. The number of halogens is 3. The first kappa shape index (κ1) is 16.7. The molecule has 0 saturated carbocycles. The van der Waals surface area contributed by atoms with E-state index in [-0.39, 0.29) is 11.9 Å². The van der Waals surface area contributed by atoms with Crippen molar-refractivity contribution in [3.8, 4) is 0 Å². The Morgan fingerprint density at radius 3 is 2.58 bits per heavy atom. The van der Waals surface area contributed by atoms with E-state index in [0.717, 1.165) is 36.6 Å². The Kier molecular flexibility index (Phi) is 3.97. The number of rotatable bonds is 2. The number of nitrogens with zero attached hydrogens (tertiary/aromatic N) is 7. The standard InChI is InChI=1S/C16H16F3N7/c1-10-2-3-13-22-23-14(26(13)24-10)11-5-8-25(9-6-11)15-20-7-4-12(21-15)16(17,18)19/h2-4,7,11H,5-6,8-9H2,1H3. The Morgan fingerprint density at radius 2 is 1.85 bits per heavy atom. The van der Waals surface area contributed by atoms with Crippen LogP contribution in [0.15, 0.2) is 24.4 Å². The van der Waals surface area contributed by atoms with Gasteiger partial charge in [0.05, 0.1) is 5.69 Å². The van der Waals surface area contributed by atoms with E-state index in [9.17, 15) is 13.2 Å². The third-order valence-electron chi connectivity index (χ3n) is 4.50. The lowest BCUT2D eigenvalue weighted by molar-refractivity contribution is -0.141. The molecule has 0 spiro atoms. The number of aryl methyl sites for hydroxylation is 1. The summed E-state index contributed by atoms with van der Waals surface area (Å²) >= 11 is 0. The molecular formula is C16H16F3N7. The van der Waals surface area contributed by atoms with Gasteiger partial charge in [-0.1, -0.05) is 0 Å². The zero-order valence-corrected chi connectivity index (χ0v) is 14.0. The van der Waals surface area contributed by atoms with Crippen molar-refractivity contribution >= 4 is 11.6 Å². The van der Waals surface area contributed by atoms with Crippen LogP contribution in [0, 0.1) is 6.92 Å². The van der Waals surface area contributed by atoms with Gasteiger partial charge in [-0.3, -0.25) is 0 Å². The second-order valence-corrected chi connectivity index (χ2v) is 6.30. The second kappa shape index (κ2) is 6.19. The van der Waals surface area contributed by atoms with Crippen LogP contribution in [0.4, 0.5) is 19.1 Å². The summed E-state index contributed by atoms with van der Waals surface area (Å²) in [4.78, 5) is 9.43. The SMILES string of the molecule is Cc1ccc2nnc(C3CCN(c4nccc(C(F)(F)F)n4)CC3)n2n1. The molecule has 0 amide bonds. The second-order valence-electron chi connectivity index (χ2n) is 6.30. The van der Waals surface area contributed by atoms with E-state index >= 15 is 0 Å². The predicted molar refractivity (Wildman–Crippen MR) is 86.7 cm³/mol. The van der Waals surface area contributed by atoms with E-state index in [2.05, 4.69) is 25.3 Å². The molecule has 1 aliphatic rings. The molecule has 4 rings (SSSR count). The average Bonchev–Trinajstić information content (AvgIpc) is 3.04. The molecule has 4 heterocycles. The van der Waals surface area contributed by atoms with E-state index in [1.54, 1.807) is 9.42 Å². The molecule has 26 heavy (non-hydrogen) atoms. The molecule has 1 saturated heterocycles. The van der Waals surface area contributed by atoms with Crippen LogP contribution in [0.3, 0.4) is 0 Å². The van der Waals surface area contributed by atoms with Gasteiger partial charge in [0.15, 0.2) is 11.5 Å². The van der Waals surface area contributed by atoms with Crippen LogP contribution in [0.25, 0.3) is 5.65 Å². The van der Waals surface area contributed by atoms with Crippen LogP contribution < -0.4 is 4.90 Å². The minimum absolute atomic E-state index is 0.110. The van der Waals surface area contributed by atoms with Crippen molar-refractivity contribution in [1.29, 1.82) is 0 Å². The molecule has 3 aromatic heterocycles. The summed E-state index contributed by atoms with van der Waals surface area (Å²) < 4.78 is 40.2. The largest absolute Gasteiger partial charge is 0.433 e. The van der Waals surface area contributed by atoms with Crippen molar-refractivity contribution in [2.24, 2.45) is 0 Å². The summed E-state index contributed by atoms with van der Waals surface area (Å²) in [5, 5.41) is 12.8. The van der Waals surface area contributed by atoms with Gasteiger partial charge < -0.3 is 4.90 Å². The third-order valence-corrected chi connectivity index (χ3v) is 4.50. The third kappa shape index (κ3) is 3.06. The predicted octanol–water partition coefficient (Wildman–Crippen LogP) is 2.63. The van der Waals surface area contributed by atoms with Gasteiger partial charge in [0.2, 0.25) is 5.95 Å². The van der Waals surface area contributed by atoms with Gasteiger partial charge in [0.25, 0.3) is 0 Å². The first-order chi connectivity index (χ1) is 12.4. The highest BCUT2D eigenvalue weighted by Gasteiger charge is 2.34. The molecule has 0 N–H and O–H groups in total. The number of hydrogen-bond acceptors (Lipinski definition) is 6. The maximum absolute atomic E-state index is 12.8. The Hall–Kier alpha value is -2.78. The summed E-state index contributed by atoms with van der Waals surface area (Å²) in [6.07, 6.45) is -1.89. The molecule has 136 valence electrons. The minimum atomic E-state index is -4.47. The summed E-state index contributed by atoms with van der Waals surface area (Å²) in [6, 6.07) is 4.62. The van der Waals surface area contributed by atoms with Crippen LogP contribution in [0.2, 0.25) is 0 Å². The molecule has 0 unspecified atom stereocenters. The molecular weight excluding hydrogens is 347 g/mol. The summed E-state index contributed by atoms with van der Waals surface area (Å²) in [6.45, 7) is 3.00. The highest BCUT2D eigenvalue weighted by atomic mass is 19.4. The first-order valence-corrected chi connectivity index (χ1v) is 8.26. The molecule has 0 aliphatic carbocycles. The molecule has 10 heteroatoms. The van der Waals surface area contributed by atoms with Gasteiger partial charge in [-0.05, 0) is 38.0 Å². The van der Waals surface area contributed by atoms with Crippen LogP contribution in [0.5, 0.6) is 0 Å². The summed E-state index contributed by atoms with van der Waals surface area (Å²) in [5.41, 5.74) is 0.635. The van der Waals surface area contributed by atoms with E-state index in [1.165, 1.54) is 0 Å². The van der Waals surface area contributed by atoms with E-state index in [0.29, 0.717) is 18.7 Å². The van der Waals surface area contributed by atoms with E-state index < -0.39 is 11.9 Å². The van der Waals surface area contributed by atoms with Gasteiger partial charge in [0.1, 0.15) is 5.69 Å². The van der Waals surface area contributed by atoms with Crippen LogP contribution in [-0.4, -0.2) is 42.9 Å². The zero-order valence-electron chi connectivity index (χ0n) is 14.0. The van der Waals surface area contributed by atoms with Crippen LogP contribution >= 0.6 is 0 Å². The van der Waals surface area contributed by atoms with Gasteiger partial charge in [-0.15, -0.1) is 10.2 Å². The van der Waals surface area contributed by atoms with Crippen molar-refractivity contribution in [2.45, 2.75) is 31.9 Å². The smallest absolute Gasteiger partial charge is 0.341 e. The first-order valence-electron chi connectivity index (χ1n) is 8.26. The Morgan fingerprint density at radius 1 is 1.08 bits per heavy atom. The fourth-order valence-corrected chi connectivity index (χ4v) is 3.15. The molecule has 1 aliphatic heterocycles. The van der Waals surface area contributed by atoms with Crippen molar-refractivity contribution < 1.29 is 13.2 Å². The number of hydrogen-bond donors (Lipinski definition) is 0. The number of fused-ring (bicyclic) bond motifs is 1. The molecule has 7 nitrogen and oxygen atoms in total. The monoisotopic (exact) mass is 363 g/mol. The van der Waals surface area contributed by atoms with Crippen molar-refractivity contribution in [3.05, 3.63) is 41.6 Å². The lowest BCUT2D eigenvalue weighted by atomic mass is 9.96. The lowest BCUT2D eigenvalue weighted by Gasteiger charge is -2.31. The molecule has 0 radical (unpaired) electrons. The minimum Gasteiger partial charge on any atom is -0.341 e. The van der Waals surface area contributed by atoms with Crippen molar-refractivity contribution in [1.82, 2.24) is 29.8 Å². The maximum Gasteiger partial charge on any atom is 0.433 e. The fraction of sp³-hybridized carbons (Fsp3) is 0.438. The van der Waals surface area contributed by atoms with Crippen molar-refractivity contribution in [2.75, 3.05) is 18.0 Å². The van der Waals surface area contributed by atoms with Crippen LogP contribution in [0.1, 0.15) is 36.0 Å². The van der Waals surface area contributed by atoms with Gasteiger partial charge >= 0.3 is 6.18 Å². The highest BCUT2D eigenvalue weighted by Crippen LogP contribution is 2.31. The summed E-state index contributed by atoms with van der Waals surface area (Å²) in [7, 11) is 0. The molecule has 0 atom stereocenters. The molecule has 0 bridgehead atoms. The van der Waals surface area contributed by atoms with E-state index in [4.69, 9.17) is 0 Å². The number of piperidine rings is 1. The summed E-state index contributed by atoms with van der Waals surface area (Å²) in [5.74, 6) is 1.04. The normalized spacial score (nSPS) is 16.4. The highest BCUT2D eigenvalue weighted by molar-refractivity contribution is 5.37. The zero-order chi connectivity index (χ0) is 18.3. The maximum atomic E-state index is 12.8. The number of anilines is 1. The molecule has 3 aromatic rings. The topological polar surface area (TPSA) is 72.1 Å². The van der Waals surface area contributed by atoms with Gasteiger partial charge in [-0.2, -0.15) is 22.8 Å². The molecule has 1 fully saturated rings. The van der Waals surface area contributed by atoms with E-state index in [1.807, 2.05) is 19.1 Å². The Balaban J connectivity index is 1.51. The quantitative estimate of drug-likeness (QED) is 0.697. The lowest BCUT2D eigenvalue weighted by Crippen LogP contribution is -2.35. The van der Waals surface area contributed by atoms with Crippen LogP contribution in [-0.2, 0) is 6.18 Å². The Labute approximate surface area is 146 Å². The number of aromatic nitrogens is 6. The van der Waals surface area contributed by atoms with Gasteiger partial charge in [-0.25, -0.2) is 9.97 Å². The Bertz CT molecular complexity index is 929. The van der Waals surface area contributed by atoms with Gasteiger partial charge in [0, 0.05) is 25.2 Å². The number of alkyl halides is 3. The average molecular weight is 363 g/mol. The molecule has 0 aromatic carbocycles.